The molecule has 2 nitrogen and oxygen atoms in total. The van der Waals surface area contributed by atoms with Gasteiger partial charge in [0, 0.05) is 5.56 Å². The first kappa shape index (κ1) is 12.6. The number of halogens is 5. The van der Waals surface area contributed by atoms with Crippen molar-refractivity contribution >= 4 is 11.0 Å². The fourth-order valence-corrected chi connectivity index (χ4v) is 1.85. The van der Waals surface area contributed by atoms with Gasteiger partial charge in [-0.1, -0.05) is 0 Å². The normalized spacial score (nSPS) is 11.2. The molecule has 1 aromatic heterocycles. The average molecular weight is 284 g/mol. The van der Waals surface area contributed by atoms with Gasteiger partial charge in [-0.05, 0) is 24.3 Å². The van der Waals surface area contributed by atoms with Gasteiger partial charge in [0.2, 0.25) is 0 Å². The van der Waals surface area contributed by atoms with Crippen LogP contribution in [0.5, 0.6) is 0 Å². The van der Waals surface area contributed by atoms with E-state index < -0.39 is 29.1 Å². The molecule has 0 atom stereocenters. The highest BCUT2D eigenvalue weighted by atomic mass is 19.2. The van der Waals surface area contributed by atoms with Crippen LogP contribution in [0.2, 0.25) is 0 Å². The maximum Gasteiger partial charge on any atom is 0.194 e. The van der Waals surface area contributed by atoms with Crippen LogP contribution < -0.4 is 0 Å². The highest BCUT2D eigenvalue weighted by molar-refractivity contribution is 5.80. The summed E-state index contributed by atoms with van der Waals surface area (Å²) in [6.45, 7) is 0. The van der Waals surface area contributed by atoms with Gasteiger partial charge in [-0.2, -0.15) is 0 Å². The highest BCUT2D eigenvalue weighted by Crippen LogP contribution is 2.25. The lowest BCUT2D eigenvalue weighted by molar-refractivity contribution is 0.447. The Labute approximate surface area is 108 Å². The average Bonchev–Trinajstić information content (AvgIpc) is 2.84. The van der Waals surface area contributed by atoms with Gasteiger partial charge >= 0.3 is 0 Å². The number of nitrogens with zero attached hydrogens (tertiary/aromatic N) is 1. The zero-order chi connectivity index (χ0) is 14.4. The van der Waals surface area contributed by atoms with Crippen molar-refractivity contribution in [2.75, 3.05) is 0 Å². The largest absolute Gasteiger partial charge is 0.338 e. The molecule has 20 heavy (non-hydrogen) atoms. The van der Waals surface area contributed by atoms with E-state index in [1.165, 1.54) is 6.07 Å². The Morgan fingerprint density at radius 2 is 1.45 bits per heavy atom. The van der Waals surface area contributed by atoms with Crippen LogP contribution in [0.3, 0.4) is 0 Å². The molecule has 1 heterocycles. The van der Waals surface area contributed by atoms with E-state index in [1.54, 1.807) is 0 Å². The van der Waals surface area contributed by atoms with Crippen LogP contribution in [-0.2, 0) is 0 Å². The van der Waals surface area contributed by atoms with E-state index in [0.717, 1.165) is 6.07 Å². The number of imidazole rings is 1. The lowest BCUT2D eigenvalue weighted by atomic mass is 10.2. The quantitative estimate of drug-likeness (QED) is 0.532. The summed E-state index contributed by atoms with van der Waals surface area (Å²) in [6.07, 6.45) is 0. The molecule has 0 aliphatic carbocycles. The van der Waals surface area contributed by atoms with Gasteiger partial charge in [-0.15, -0.1) is 0 Å². The summed E-state index contributed by atoms with van der Waals surface area (Å²) in [5.74, 6) is -6.76. The third-order valence-corrected chi connectivity index (χ3v) is 2.80. The molecule has 1 N–H and O–H groups in total. The maximum atomic E-state index is 13.5. The Kier molecular flexibility index (Phi) is 2.70. The van der Waals surface area contributed by atoms with Crippen LogP contribution in [0.1, 0.15) is 0 Å². The molecule has 7 heteroatoms. The number of nitrogens with one attached hydrogen (secondary N) is 1. The number of rotatable bonds is 1. The minimum Gasteiger partial charge on any atom is -0.338 e. The molecule has 0 aliphatic heterocycles. The zero-order valence-electron chi connectivity index (χ0n) is 9.65. The van der Waals surface area contributed by atoms with Crippen molar-refractivity contribution in [3.05, 3.63) is 53.4 Å². The summed E-state index contributed by atoms with van der Waals surface area (Å²) >= 11 is 0. The molecule has 0 amide bonds. The molecule has 102 valence electrons. The number of aromatic amines is 1. The lowest BCUT2D eigenvalue weighted by Gasteiger charge is -1.99. The van der Waals surface area contributed by atoms with Gasteiger partial charge < -0.3 is 4.98 Å². The summed E-state index contributed by atoms with van der Waals surface area (Å²) in [5, 5.41) is 0. The summed E-state index contributed by atoms with van der Waals surface area (Å²) in [5.41, 5.74) is -0.258. The monoisotopic (exact) mass is 284 g/mol. The molecule has 0 fully saturated rings. The van der Waals surface area contributed by atoms with Gasteiger partial charge in [0.15, 0.2) is 29.1 Å². The molecule has 0 saturated carbocycles. The van der Waals surface area contributed by atoms with Crippen molar-refractivity contribution in [2.45, 2.75) is 0 Å². The van der Waals surface area contributed by atoms with Crippen molar-refractivity contribution in [2.24, 2.45) is 0 Å². The third kappa shape index (κ3) is 1.82. The van der Waals surface area contributed by atoms with Gasteiger partial charge in [0.05, 0.1) is 5.52 Å². The molecule has 3 aromatic rings. The van der Waals surface area contributed by atoms with Crippen molar-refractivity contribution < 1.29 is 22.0 Å². The molecule has 0 radical (unpaired) electrons. The molecule has 0 unspecified atom stereocenters. The van der Waals surface area contributed by atoms with Gasteiger partial charge in [-0.25, -0.2) is 26.9 Å². The number of benzene rings is 2. The van der Waals surface area contributed by atoms with E-state index in [-0.39, 0.29) is 22.4 Å². The van der Waals surface area contributed by atoms with Crippen LogP contribution in [0.15, 0.2) is 24.3 Å². The Morgan fingerprint density at radius 3 is 2.10 bits per heavy atom. The first-order valence-corrected chi connectivity index (χ1v) is 5.46. The Morgan fingerprint density at radius 1 is 0.800 bits per heavy atom. The van der Waals surface area contributed by atoms with Gasteiger partial charge in [0.25, 0.3) is 0 Å². The summed E-state index contributed by atoms with van der Waals surface area (Å²) in [4.78, 5) is 6.31. The standard InChI is InChI=1S/C13H5F5N2/c14-6-1-2-9-12(11(6)18)20-13(19-9)5-3-7(15)10(17)8(16)4-5/h1-4H,(H,19,20). The number of H-pyrrole nitrogens is 1. The molecular weight excluding hydrogens is 279 g/mol. The predicted octanol–water partition coefficient (Wildman–Crippen LogP) is 3.93. The SMILES string of the molecule is Fc1cc(-c2nc3c(F)c(F)ccc3[nH]2)cc(F)c1F. The van der Waals surface area contributed by atoms with Crippen LogP contribution in [0, 0.1) is 29.1 Å². The smallest absolute Gasteiger partial charge is 0.194 e. The minimum atomic E-state index is -1.61. The number of hydrogen-bond acceptors (Lipinski definition) is 1. The van der Waals surface area contributed by atoms with E-state index in [9.17, 15) is 22.0 Å². The van der Waals surface area contributed by atoms with Crippen molar-refractivity contribution in [1.82, 2.24) is 9.97 Å². The Bertz CT molecular complexity index is 802. The van der Waals surface area contributed by atoms with Gasteiger partial charge in [0.1, 0.15) is 11.3 Å². The van der Waals surface area contributed by atoms with Crippen LogP contribution >= 0.6 is 0 Å². The van der Waals surface area contributed by atoms with Crippen molar-refractivity contribution in [3.63, 3.8) is 0 Å². The molecular formula is C13H5F5N2. The fraction of sp³-hybridized carbons (Fsp3) is 0. The highest BCUT2D eigenvalue weighted by Gasteiger charge is 2.16. The van der Waals surface area contributed by atoms with Crippen LogP contribution in [0.4, 0.5) is 22.0 Å². The first-order chi connectivity index (χ1) is 9.47. The molecule has 2 aromatic carbocycles. The van der Waals surface area contributed by atoms with E-state index >= 15 is 0 Å². The molecule has 0 bridgehead atoms. The summed E-state index contributed by atoms with van der Waals surface area (Å²) in [6, 6.07) is 3.56. The van der Waals surface area contributed by atoms with E-state index in [1.807, 2.05) is 0 Å². The van der Waals surface area contributed by atoms with E-state index in [4.69, 9.17) is 0 Å². The topological polar surface area (TPSA) is 28.7 Å². The second kappa shape index (κ2) is 4.29. The second-order valence-electron chi connectivity index (χ2n) is 4.10. The van der Waals surface area contributed by atoms with E-state index in [2.05, 4.69) is 9.97 Å². The van der Waals surface area contributed by atoms with Crippen LogP contribution in [0.25, 0.3) is 22.4 Å². The minimum absolute atomic E-state index is 0.0951. The first-order valence-electron chi connectivity index (χ1n) is 5.46. The third-order valence-electron chi connectivity index (χ3n) is 2.80. The second-order valence-corrected chi connectivity index (χ2v) is 4.10. The Hall–Kier alpha value is -2.44. The summed E-state index contributed by atoms with van der Waals surface area (Å²) in [7, 11) is 0. The number of aromatic nitrogens is 2. The molecule has 0 aliphatic rings. The van der Waals surface area contributed by atoms with Gasteiger partial charge in [-0.3, -0.25) is 0 Å². The number of hydrogen-bond donors (Lipinski definition) is 1. The Balaban J connectivity index is 2.23. The molecule has 0 saturated heterocycles. The van der Waals surface area contributed by atoms with Crippen molar-refractivity contribution in [3.8, 4) is 11.4 Å². The van der Waals surface area contributed by atoms with Crippen LogP contribution in [-0.4, -0.2) is 9.97 Å². The summed E-state index contributed by atoms with van der Waals surface area (Å²) < 4.78 is 65.7. The number of fused-ring (bicyclic) bond motifs is 1. The molecule has 0 spiro atoms. The zero-order valence-corrected chi connectivity index (χ0v) is 9.65. The van der Waals surface area contributed by atoms with Crippen molar-refractivity contribution in [1.29, 1.82) is 0 Å². The predicted molar refractivity (Wildman–Crippen MR) is 61.3 cm³/mol. The maximum absolute atomic E-state index is 13.5. The fourth-order valence-electron chi connectivity index (χ4n) is 1.85. The molecule has 3 rings (SSSR count). The van der Waals surface area contributed by atoms with E-state index in [0.29, 0.717) is 12.1 Å². The lowest BCUT2D eigenvalue weighted by Crippen LogP contribution is -1.92.